The Bertz CT molecular complexity index is 858. The van der Waals surface area contributed by atoms with Crippen LogP contribution in [0.15, 0.2) is 24.3 Å². The van der Waals surface area contributed by atoms with Crippen molar-refractivity contribution in [3.8, 4) is 0 Å². The van der Waals surface area contributed by atoms with Gasteiger partial charge in [-0.2, -0.15) is 4.31 Å². The number of rotatable bonds is 11. The SMILES string of the molecule is CCCCCc1ccc(C(=O)CCC(=O)OCC(=O)N2CCN(S(C)(=O)=O)CC2)cc1. The van der Waals surface area contributed by atoms with Crippen LogP contribution in [0.2, 0.25) is 0 Å². The van der Waals surface area contributed by atoms with E-state index in [-0.39, 0.29) is 50.7 Å². The third-order valence-corrected chi connectivity index (χ3v) is 6.62. The summed E-state index contributed by atoms with van der Waals surface area (Å²) in [4.78, 5) is 37.8. The quantitative estimate of drug-likeness (QED) is 0.289. The number of Topliss-reactive ketones (excluding diaryl/α,β-unsaturated/α-hetero) is 1. The number of amides is 1. The number of sulfonamides is 1. The van der Waals surface area contributed by atoms with Gasteiger partial charge in [-0.05, 0) is 18.4 Å². The van der Waals surface area contributed by atoms with Crippen LogP contribution in [0.5, 0.6) is 0 Å². The molecule has 0 N–H and O–H groups in total. The van der Waals surface area contributed by atoms with Crippen LogP contribution in [0.3, 0.4) is 0 Å². The predicted molar refractivity (Wildman–Crippen MR) is 117 cm³/mol. The Balaban J connectivity index is 1.68. The molecule has 1 aliphatic rings. The summed E-state index contributed by atoms with van der Waals surface area (Å²) in [6.45, 7) is 2.73. The molecule has 1 fully saturated rings. The molecule has 0 unspecified atom stereocenters. The van der Waals surface area contributed by atoms with E-state index < -0.39 is 22.6 Å². The first kappa shape index (κ1) is 25.0. The van der Waals surface area contributed by atoms with Crippen molar-refractivity contribution in [2.45, 2.75) is 45.4 Å². The maximum Gasteiger partial charge on any atom is 0.306 e. The molecule has 0 saturated carbocycles. The molecule has 0 bridgehead atoms. The van der Waals surface area contributed by atoms with Crippen molar-refractivity contribution in [3.05, 3.63) is 35.4 Å². The van der Waals surface area contributed by atoms with Crippen molar-refractivity contribution in [3.63, 3.8) is 0 Å². The molecule has 1 aromatic carbocycles. The number of ether oxygens (including phenoxy) is 1. The zero-order chi connectivity index (χ0) is 22.9. The summed E-state index contributed by atoms with van der Waals surface area (Å²) in [5.41, 5.74) is 1.76. The van der Waals surface area contributed by atoms with Crippen molar-refractivity contribution in [1.29, 1.82) is 0 Å². The summed E-state index contributed by atoms with van der Waals surface area (Å²) in [5, 5.41) is 0. The van der Waals surface area contributed by atoms with E-state index in [1.54, 1.807) is 12.1 Å². The van der Waals surface area contributed by atoms with Gasteiger partial charge in [0, 0.05) is 38.2 Å². The number of aryl methyl sites for hydroxylation is 1. The van der Waals surface area contributed by atoms with Crippen molar-refractivity contribution >= 4 is 27.7 Å². The number of piperazine rings is 1. The molecule has 0 radical (unpaired) electrons. The molecule has 8 nitrogen and oxygen atoms in total. The van der Waals surface area contributed by atoms with Crippen LogP contribution in [0.1, 0.15) is 54.9 Å². The molecule has 0 aromatic heterocycles. The monoisotopic (exact) mass is 452 g/mol. The van der Waals surface area contributed by atoms with E-state index in [1.165, 1.54) is 21.2 Å². The molecule has 0 spiro atoms. The van der Waals surface area contributed by atoms with Gasteiger partial charge in [-0.15, -0.1) is 0 Å². The van der Waals surface area contributed by atoms with Crippen molar-refractivity contribution in [1.82, 2.24) is 9.21 Å². The highest BCUT2D eigenvalue weighted by Crippen LogP contribution is 2.12. The second-order valence-electron chi connectivity index (χ2n) is 7.78. The third-order valence-electron chi connectivity index (χ3n) is 5.32. The number of esters is 1. The van der Waals surface area contributed by atoms with Gasteiger partial charge < -0.3 is 9.64 Å². The van der Waals surface area contributed by atoms with Gasteiger partial charge in [0.2, 0.25) is 10.0 Å². The summed E-state index contributed by atoms with van der Waals surface area (Å²) in [7, 11) is -3.27. The summed E-state index contributed by atoms with van der Waals surface area (Å²) in [6, 6.07) is 7.47. The molecule has 0 aliphatic carbocycles. The van der Waals surface area contributed by atoms with Gasteiger partial charge in [0.25, 0.3) is 5.91 Å². The predicted octanol–water partition coefficient (Wildman–Crippen LogP) is 2.03. The minimum atomic E-state index is -3.27. The van der Waals surface area contributed by atoms with E-state index in [1.807, 2.05) is 12.1 Å². The van der Waals surface area contributed by atoms with E-state index in [2.05, 4.69) is 6.92 Å². The van der Waals surface area contributed by atoms with E-state index >= 15 is 0 Å². The Hall–Kier alpha value is -2.26. The topological polar surface area (TPSA) is 101 Å². The Labute approximate surface area is 184 Å². The minimum Gasteiger partial charge on any atom is -0.456 e. The molecule has 31 heavy (non-hydrogen) atoms. The molecule has 0 atom stereocenters. The van der Waals surface area contributed by atoms with Crippen LogP contribution < -0.4 is 0 Å². The molecule has 9 heteroatoms. The largest absolute Gasteiger partial charge is 0.456 e. The van der Waals surface area contributed by atoms with Crippen LogP contribution in [0, 0.1) is 0 Å². The minimum absolute atomic E-state index is 0.0231. The molecule has 2 rings (SSSR count). The lowest BCUT2D eigenvalue weighted by molar-refractivity contribution is -0.152. The van der Waals surface area contributed by atoms with Crippen LogP contribution in [0.25, 0.3) is 0 Å². The highest BCUT2D eigenvalue weighted by Gasteiger charge is 2.26. The number of unbranched alkanes of at least 4 members (excludes halogenated alkanes) is 2. The van der Waals surface area contributed by atoms with Gasteiger partial charge in [0.1, 0.15) is 0 Å². The highest BCUT2D eigenvalue weighted by molar-refractivity contribution is 7.88. The Morgan fingerprint density at radius 3 is 2.19 bits per heavy atom. The fourth-order valence-electron chi connectivity index (χ4n) is 3.37. The number of hydrogen-bond acceptors (Lipinski definition) is 6. The number of nitrogens with zero attached hydrogens (tertiary/aromatic N) is 2. The maximum atomic E-state index is 12.3. The molecule has 1 aromatic rings. The van der Waals surface area contributed by atoms with Crippen LogP contribution >= 0.6 is 0 Å². The van der Waals surface area contributed by atoms with Gasteiger partial charge in [-0.3, -0.25) is 14.4 Å². The zero-order valence-electron chi connectivity index (χ0n) is 18.3. The zero-order valence-corrected chi connectivity index (χ0v) is 19.2. The van der Waals surface area contributed by atoms with Crippen molar-refractivity contribution < 1.29 is 27.5 Å². The van der Waals surface area contributed by atoms with E-state index in [9.17, 15) is 22.8 Å². The van der Waals surface area contributed by atoms with Gasteiger partial charge >= 0.3 is 5.97 Å². The molecule has 1 amide bonds. The lowest BCUT2D eigenvalue weighted by Crippen LogP contribution is -2.51. The normalized spacial score (nSPS) is 15.0. The second-order valence-corrected chi connectivity index (χ2v) is 9.76. The summed E-state index contributed by atoms with van der Waals surface area (Å²) >= 11 is 0. The molecule has 1 heterocycles. The number of carbonyl (C=O) groups excluding carboxylic acids is 3. The first-order valence-corrected chi connectivity index (χ1v) is 12.6. The average Bonchev–Trinajstić information content (AvgIpc) is 2.76. The number of hydrogen-bond donors (Lipinski definition) is 0. The smallest absolute Gasteiger partial charge is 0.306 e. The Morgan fingerprint density at radius 2 is 1.61 bits per heavy atom. The van der Waals surface area contributed by atoms with E-state index in [4.69, 9.17) is 4.74 Å². The standard InChI is InChI=1S/C22H32N2O6S/c1-3-4-5-6-18-7-9-19(10-8-18)20(25)11-12-22(27)30-17-21(26)23-13-15-24(16-14-23)31(2,28)29/h7-10H,3-6,11-17H2,1-2H3. The van der Waals surface area contributed by atoms with Gasteiger partial charge in [0.15, 0.2) is 12.4 Å². The summed E-state index contributed by atoms with van der Waals surface area (Å²) in [5.74, 6) is -1.11. The molecular formula is C22H32N2O6S. The number of ketones is 1. The van der Waals surface area contributed by atoms with Crippen LogP contribution in [-0.4, -0.2) is 74.3 Å². The molecule has 1 saturated heterocycles. The summed E-state index contributed by atoms with van der Waals surface area (Å²) in [6.07, 6.45) is 5.53. The molecule has 172 valence electrons. The van der Waals surface area contributed by atoms with Crippen molar-refractivity contribution in [2.75, 3.05) is 39.0 Å². The first-order valence-electron chi connectivity index (χ1n) is 10.7. The molecular weight excluding hydrogens is 420 g/mol. The fourth-order valence-corrected chi connectivity index (χ4v) is 4.20. The van der Waals surface area contributed by atoms with Gasteiger partial charge in [-0.1, -0.05) is 44.0 Å². The van der Waals surface area contributed by atoms with E-state index in [0.29, 0.717) is 5.56 Å². The van der Waals surface area contributed by atoms with E-state index in [0.717, 1.165) is 25.5 Å². The third kappa shape index (κ3) is 8.41. The van der Waals surface area contributed by atoms with Crippen LogP contribution in [0.4, 0.5) is 0 Å². The molecule has 1 aliphatic heterocycles. The fraction of sp³-hybridized carbons (Fsp3) is 0.591. The highest BCUT2D eigenvalue weighted by atomic mass is 32.2. The van der Waals surface area contributed by atoms with Gasteiger partial charge in [-0.25, -0.2) is 8.42 Å². The average molecular weight is 453 g/mol. The first-order chi connectivity index (χ1) is 14.7. The van der Waals surface area contributed by atoms with Crippen LogP contribution in [-0.2, 0) is 30.8 Å². The number of benzene rings is 1. The Kier molecular flexibility index (Phi) is 9.64. The lowest BCUT2D eigenvalue weighted by Gasteiger charge is -2.33. The maximum absolute atomic E-state index is 12.3. The van der Waals surface area contributed by atoms with Crippen molar-refractivity contribution in [2.24, 2.45) is 0 Å². The second kappa shape index (κ2) is 12.0. The number of carbonyl (C=O) groups is 3. The lowest BCUT2D eigenvalue weighted by atomic mass is 10.0. The Morgan fingerprint density at radius 1 is 0.968 bits per heavy atom. The van der Waals surface area contributed by atoms with Gasteiger partial charge in [0.05, 0.1) is 12.7 Å². The summed E-state index contributed by atoms with van der Waals surface area (Å²) < 4.78 is 29.3.